The topological polar surface area (TPSA) is 125 Å². The Balaban J connectivity index is 2.71. The normalized spacial score (nSPS) is 20.5. The van der Waals surface area contributed by atoms with Crippen molar-refractivity contribution in [2.75, 3.05) is 33.5 Å². The van der Waals surface area contributed by atoms with Gasteiger partial charge in [-0.2, -0.15) is 0 Å². The molecular formula is C10H16N2O7. The Morgan fingerprint density at radius 2 is 2.21 bits per heavy atom. The first-order valence-electron chi connectivity index (χ1n) is 5.57. The van der Waals surface area contributed by atoms with Crippen molar-refractivity contribution in [2.45, 2.75) is 12.1 Å². The van der Waals surface area contributed by atoms with E-state index in [-0.39, 0.29) is 19.8 Å². The summed E-state index contributed by atoms with van der Waals surface area (Å²) in [6.07, 6.45) is 0. The number of nitrogens with one attached hydrogen (secondary N) is 1. The maximum atomic E-state index is 11.9. The minimum Gasteiger partial charge on any atom is -0.480 e. The lowest BCUT2D eigenvalue weighted by Crippen LogP contribution is -2.58. The number of morpholine rings is 1. The smallest absolute Gasteiger partial charge is 0.331 e. The highest BCUT2D eigenvalue weighted by molar-refractivity contribution is 5.87. The van der Waals surface area contributed by atoms with Gasteiger partial charge in [-0.3, -0.25) is 0 Å². The van der Waals surface area contributed by atoms with Crippen molar-refractivity contribution in [3.63, 3.8) is 0 Å². The van der Waals surface area contributed by atoms with Crippen LogP contribution in [0.3, 0.4) is 0 Å². The predicted molar refractivity (Wildman–Crippen MR) is 60.4 cm³/mol. The number of aliphatic hydroxyl groups excluding tert-OH is 1. The molecule has 9 heteroatoms. The standard InChI is InChI=1S/C10H16N2O7/c1-18-9(16)7-5-19-3-2-12(7)10(17)11-6(4-13)8(14)15/h6-7,13H,2-5H2,1H3,(H,11,17)(H,14,15)/t6-,7?/m1/s1. The summed E-state index contributed by atoms with van der Waals surface area (Å²) >= 11 is 0. The Bertz CT molecular complexity index is 360. The molecule has 1 aliphatic heterocycles. The fourth-order valence-corrected chi connectivity index (χ4v) is 1.60. The van der Waals surface area contributed by atoms with Crippen LogP contribution in [0, 0.1) is 0 Å². The average molecular weight is 276 g/mol. The van der Waals surface area contributed by atoms with E-state index < -0.39 is 36.7 Å². The molecule has 1 rings (SSSR count). The highest BCUT2D eigenvalue weighted by Crippen LogP contribution is 2.09. The number of rotatable bonds is 4. The molecule has 0 aromatic rings. The molecule has 1 heterocycles. The molecule has 108 valence electrons. The first-order chi connectivity index (χ1) is 9.01. The summed E-state index contributed by atoms with van der Waals surface area (Å²) in [5.41, 5.74) is 0. The number of urea groups is 1. The van der Waals surface area contributed by atoms with Crippen LogP contribution in [0.2, 0.25) is 0 Å². The number of hydrogen-bond donors (Lipinski definition) is 3. The lowest BCUT2D eigenvalue weighted by atomic mass is 10.2. The summed E-state index contributed by atoms with van der Waals surface area (Å²) in [4.78, 5) is 35.2. The van der Waals surface area contributed by atoms with Crippen molar-refractivity contribution in [2.24, 2.45) is 0 Å². The van der Waals surface area contributed by atoms with E-state index in [1.807, 2.05) is 0 Å². The van der Waals surface area contributed by atoms with Gasteiger partial charge >= 0.3 is 18.0 Å². The molecule has 0 bridgehead atoms. The molecule has 3 N–H and O–H groups in total. The number of aliphatic carboxylic acids is 1. The van der Waals surface area contributed by atoms with Crippen LogP contribution in [0.4, 0.5) is 4.79 Å². The van der Waals surface area contributed by atoms with Crippen LogP contribution in [-0.2, 0) is 19.1 Å². The summed E-state index contributed by atoms with van der Waals surface area (Å²) in [6, 6.07) is -3.11. The number of nitrogens with zero attached hydrogens (tertiary/aromatic N) is 1. The van der Waals surface area contributed by atoms with Crippen LogP contribution < -0.4 is 5.32 Å². The van der Waals surface area contributed by atoms with E-state index in [0.717, 1.165) is 4.90 Å². The molecule has 1 saturated heterocycles. The molecule has 1 fully saturated rings. The van der Waals surface area contributed by atoms with Crippen molar-refractivity contribution < 1.29 is 34.1 Å². The van der Waals surface area contributed by atoms with Gasteiger partial charge in [0.15, 0.2) is 12.1 Å². The zero-order valence-electron chi connectivity index (χ0n) is 10.4. The highest BCUT2D eigenvalue weighted by atomic mass is 16.5. The Morgan fingerprint density at radius 1 is 1.53 bits per heavy atom. The van der Waals surface area contributed by atoms with E-state index in [1.54, 1.807) is 0 Å². The molecule has 0 aliphatic carbocycles. The Hall–Kier alpha value is -1.87. The Morgan fingerprint density at radius 3 is 2.74 bits per heavy atom. The van der Waals surface area contributed by atoms with Gasteiger partial charge in [0.2, 0.25) is 0 Å². The Labute approximate surface area is 109 Å². The second-order valence-electron chi connectivity index (χ2n) is 3.83. The molecule has 1 unspecified atom stereocenters. The second-order valence-corrected chi connectivity index (χ2v) is 3.83. The molecule has 0 radical (unpaired) electrons. The fraction of sp³-hybridized carbons (Fsp3) is 0.700. The number of ether oxygens (including phenoxy) is 2. The lowest BCUT2D eigenvalue weighted by Gasteiger charge is -2.34. The molecule has 0 aromatic carbocycles. The number of carbonyl (C=O) groups excluding carboxylic acids is 2. The molecule has 0 saturated carbocycles. The third kappa shape index (κ3) is 3.80. The number of hydrogen-bond acceptors (Lipinski definition) is 6. The van der Waals surface area contributed by atoms with E-state index >= 15 is 0 Å². The van der Waals surface area contributed by atoms with Crippen molar-refractivity contribution >= 4 is 18.0 Å². The van der Waals surface area contributed by atoms with Gasteiger partial charge < -0.3 is 29.9 Å². The van der Waals surface area contributed by atoms with Gasteiger partial charge in [0.05, 0.1) is 26.9 Å². The first kappa shape index (κ1) is 15.2. The molecule has 9 nitrogen and oxygen atoms in total. The molecule has 19 heavy (non-hydrogen) atoms. The number of carboxylic acids is 1. The third-order valence-corrected chi connectivity index (χ3v) is 2.64. The first-order valence-corrected chi connectivity index (χ1v) is 5.57. The lowest BCUT2D eigenvalue weighted by molar-refractivity contribution is -0.151. The average Bonchev–Trinajstić information content (AvgIpc) is 2.43. The van der Waals surface area contributed by atoms with E-state index in [9.17, 15) is 14.4 Å². The van der Waals surface area contributed by atoms with Gasteiger partial charge in [-0.05, 0) is 0 Å². The zero-order valence-corrected chi connectivity index (χ0v) is 10.4. The SMILES string of the molecule is COC(=O)C1COCCN1C(=O)N[C@H](CO)C(=O)O. The van der Waals surface area contributed by atoms with Gasteiger partial charge in [0, 0.05) is 6.54 Å². The molecule has 0 spiro atoms. The van der Waals surface area contributed by atoms with Crippen molar-refractivity contribution in [1.82, 2.24) is 10.2 Å². The quantitative estimate of drug-likeness (QED) is 0.508. The van der Waals surface area contributed by atoms with Crippen LogP contribution >= 0.6 is 0 Å². The maximum Gasteiger partial charge on any atom is 0.331 e. The molecule has 2 amide bonds. The Kier molecular flexibility index (Phi) is 5.52. The van der Waals surface area contributed by atoms with E-state index in [2.05, 4.69) is 10.1 Å². The number of methoxy groups -OCH3 is 1. The third-order valence-electron chi connectivity index (χ3n) is 2.64. The van der Waals surface area contributed by atoms with Crippen LogP contribution in [0.1, 0.15) is 0 Å². The van der Waals surface area contributed by atoms with E-state index in [4.69, 9.17) is 14.9 Å². The summed E-state index contributed by atoms with van der Waals surface area (Å²) in [5.74, 6) is -2.01. The van der Waals surface area contributed by atoms with Crippen LogP contribution in [0.25, 0.3) is 0 Å². The monoisotopic (exact) mass is 276 g/mol. The van der Waals surface area contributed by atoms with Crippen molar-refractivity contribution in [1.29, 1.82) is 0 Å². The predicted octanol–water partition coefficient (Wildman–Crippen LogP) is -1.98. The van der Waals surface area contributed by atoms with Crippen molar-refractivity contribution in [3.8, 4) is 0 Å². The van der Waals surface area contributed by atoms with Crippen LogP contribution in [-0.4, -0.2) is 78.6 Å². The number of carbonyl (C=O) groups is 3. The molecular weight excluding hydrogens is 260 g/mol. The number of aliphatic hydroxyl groups is 1. The molecule has 0 aromatic heterocycles. The summed E-state index contributed by atoms with van der Waals surface area (Å²) in [7, 11) is 1.18. The van der Waals surface area contributed by atoms with E-state index in [0.29, 0.717) is 0 Å². The number of amides is 2. The van der Waals surface area contributed by atoms with Gasteiger partial charge in [0.1, 0.15) is 0 Å². The van der Waals surface area contributed by atoms with Gasteiger partial charge in [-0.15, -0.1) is 0 Å². The zero-order chi connectivity index (χ0) is 14.4. The summed E-state index contributed by atoms with van der Waals surface area (Å²) in [6.45, 7) is -0.396. The van der Waals surface area contributed by atoms with Crippen LogP contribution in [0.5, 0.6) is 0 Å². The second kappa shape index (κ2) is 6.90. The summed E-state index contributed by atoms with van der Waals surface area (Å²) < 4.78 is 9.62. The molecule has 2 atom stereocenters. The van der Waals surface area contributed by atoms with Gasteiger partial charge in [-0.25, -0.2) is 14.4 Å². The largest absolute Gasteiger partial charge is 0.480 e. The number of carboxylic acid groups (broad SMARTS) is 1. The minimum absolute atomic E-state index is 0.0169. The minimum atomic E-state index is -1.42. The number of esters is 1. The van der Waals surface area contributed by atoms with Gasteiger partial charge in [0.25, 0.3) is 0 Å². The summed E-state index contributed by atoms with van der Waals surface area (Å²) in [5, 5.41) is 19.7. The van der Waals surface area contributed by atoms with Crippen LogP contribution in [0.15, 0.2) is 0 Å². The maximum absolute atomic E-state index is 11.9. The highest BCUT2D eigenvalue weighted by Gasteiger charge is 2.35. The van der Waals surface area contributed by atoms with Gasteiger partial charge in [-0.1, -0.05) is 0 Å². The van der Waals surface area contributed by atoms with E-state index in [1.165, 1.54) is 7.11 Å². The molecule has 1 aliphatic rings. The fourth-order valence-electron chi connectivity index (χ4n) is 1.60. The van der Waals surface area contributed by atoms with Crippen molar-refractivity contribution in [3.05, 3.63) is 0 Å².